The van der Waals surface area contributed by atoms with E-state index in [9.17, 15) is 0 Å². The number of unbranched alkanes of at least 4 members (excludes halogenated alkanes) is 3. The lowest BCUT2D eigenvalue weighted by Crippen LogP contribution is -2.16. The number of hydrogen-bond donors (Lipinski definition) is 1. The van der Waals surface area contributed by atoms with Gasteiger partial charge in [-0.1, -0.05) is 48.2 Å². The fraction of sp³-hybridized carbons (Fsp3) is 0.467. The van der Waals surface area contributed by atoms with Crippen molar-refractivity contribution < 1.29 is 0 Å². The highest BCUT2D eigenvalue weighted by Crippen LogP contribution is 2.27. The molecule has 0 saturated carbocycles. The average Bonchev–Trinajstić information content (AvgIpc) is 2.37. The van der Waals surface area contributed by atoms with Crippen LogP contribution in [0, 0.1) is 0 Å². The largest absolute Gasteiger partial charge is 0.313 e. The minimum atomic E-state index is 0.350. The van der Waals surface area contributed by atoms with E-state index in [2.05, 4.69) is 11.9 Å². The molecule has 1 unspecified atom stereocenters. The molecular weight excluding hydrogens is 265 g/mol. The minimum absolute atomic E-state index is 0.350. The second-order valence-corrected chi connectivity index (χ2v) is 5.26. The summed E-state index contributed by atoms with van der Waals surface area (Å²) in [5.74, 6) is 0. The summed E-state index contributed by atoms with van der Waals surface area (Å²) < 4.78 is 0. The zero-order chi connectivity index (χ0) is 13.4. The van der Waals surface area contributed by atoms with Gasteiger partial charge in [-0.2, -0.15) is 0 Å². The summed E-state index contributed by atoms with van der Waals surface area (Å²) in [5, 5.41) is 4.57. The molecule has 1 N–H and O–H groups in total. The Balaban J connectivity index is 2.49. The summed E-state index contributed by atoms with van der Waals surface area (Å²) in [4.78, 5) is 0. The molecule has 0 heterocycles. The van der Waals surface area contributed by atoms with Crippen LogP contribution in [0.15, 0.2) is 30.9 Å². The van der Waals surface area contributed by atoms with Gasteiger partial charge in [0, 0.05) is 6.04 Å². The second kappa shape index (κ2) is 8.58. The highest BCUT2D eigenvalue weighted by Gasteiger charge is 2.10. The van der Waals surface area contributed by atoms with Crippen LogP contribution in [-0.4, -0.2) is 7.05 Å². The summed E-state index contributed by atoms with van der Waals surface area (Å²) in [6, 6.07) is 6.21. The van der Waals surface area contributed by atoms with Crippen LogP contribution in [0.25, 0.3) is 0 Å². The van der Waals surface area contributed by atoms with Crippen LogP contribution < -0.4 is 5.32 Å². The predicted octanol–water partition coefficient (Wildman–Crippen LogP) is 5.39. The van der Waals surface area contributed by atoms with Crippen molar-refractivity contribution in [2.24, 2.45) is 0 Å². The Bertz CT molecular complexity index is 377. The van der Waals surface area contributed by atoms with Gasteiger partial charge in [0.2, 0.25) is 0 Å². The smallest absolute Gasteiger partial charge is 0.0595 e. The summed E-state index contributed by atoms with van der Waals surface area (Å²) in [6.07, 6.45) is 7.88. The normalized spacial score (nSPS) is 12.4. The maximum atomic E-state index is 6.05. The Morgan fingerprint density at radius 2 is 2.00 bits per heavy atom. The fourth-order valence-corrected chi connectivity index (χ4v) is 2.33. The van der Waals surface area contributed by atoms with Crippen molar-refractivity contribution in [2.45, 2.75) is 38.1 Å². The molecule has 0 aliphatic heterocycles. The number of rotatable bonds is 8. The van der Waals surface area contributed by atoms with Gasteiger partial charge in [-0.25, -0.2) is 0 Å². The van der Waals surface area contributed by atoms with Crippen molar-refractivity contribution in [3.05, 3.63) is 46.5 Å². The third-order valence-corrected chi connectivity index (χ3v) is 3.83. The zero-order valence-electron chi connectivity index (χ0n) is 10.9. The Morgan fingerprint density at radius 1 is 1.22 bits per heavy atom. The lowest BCUT2D eigenvalue weighted by molar-refractivity contribution is 0.508. The van der Waals surface area contributed by atoms with E-state index in [0.29, 0.717) is 16.1 Å². The molecule has 1 rings (SSSR count). The molecule has 0 radical (unpaired) electrons. The van der Waals surface area contributed by atoms with E-state index in [0.717, 1.165) is 12.8 Å². The summed E-state index contributed by atoms with van der Waals surface area (Å²) >= 11 is 12.0. The molecule has 18 heavy (non-hydrogen) atoms. The van der Waals surface area contributed by atoms with Crippen molar-refractivity contribution in [3.8, 4) is 0 Å². The Labute approximate surface area is 120 Å². The SMILES string of the molecule is C=CCCCCCC(NC)c1ccc(Cl)c(Cl)c1. The van der Waals surface area contributed by atoms with E-state index < -0.39 is 0 Å². The maximum absolute atomic E-state index is 6.05. The van der Waals surface area contributed by atoms with Gasteiger partial charge in [0.25, 0.3) is 0 Å². The molecule has 0 aliphatic carbocycles. The molecule has 1 aromatic rings. The summed E-state index contributed by atoms with van der Waals surface area (Å²) in [6.45, 7) is 3.74. The van der Waals surface area contributed by atoms with E-state index in [1.54, 1.807) is 0 Å². The van der Waals surface area contributed by atoms with Crippen molar-refractivity contribution in [1.29, 1.82) is 0 Å². The van der Waals surface area contributed by atoms with E-state index in [1.165, 1.54) is 24.8 Å². The molecule has 0 aromatic heterocycles. The molecule has 0 aliphatic rings. The van der Waals surface area contributed by atoms with Crippen LogP contribution in [0.5, 0.6) is 0 Å². The van der Waals surface area contributed by atoms with Crippen molar-refractivity contribution in [3.63, 3.8) is 0 Å². The third-order valence-electron chi connectivity index (χ3n) is 3.10. The number of nitrogens with one attached hydrogen (secondary N) is 1. The fourth-order valence-electron chi connectivity index (χ4n) is 2.02. The van der Waals surface area contributed by atoms with Gasteiger partial charge in [-0.3, -0.25) is 0 Å². The summed E-state index contributed by atoms with van der Waals surface area (Å²) in [7, 11) is 1.98. The van der Waals surface area contributed by atoms with Gasteiger partial charge in [0.1, 0.15) is 0 Å². The van der Waals surface area contributed by atoms with Gasteiger partial charge in [-0.05, 0) is 44.0 Å². The van der Waals surface area contributed by atoms with Crippen molar-refractivity contribution in [1.82, 2.24) is 5.32 Å². The molecular formula is C15H21Cl2N. The monoisotopic (exact) mass is 285 g/mol. The lowest BCUT2D eigenvalue weighted by atomic mass is 10.00. The molecule has 1 atom stereocenters. The molecule has 0 spiro atoms. The number of allylic oxidation sites excluding steroid dienone is 1. The lowest BCUT2D eigenvalue weighted by Gasteiger charge is -2.17. The van der Waals surface area contributed by atoms with Crippen LogP contribution in [0.2, 0.25) is 10.0 Å². The van der Waals surface area contributed by atoms with Gasteiger partial charge in [0.15, 0.2) is 0 Å². The Hall–Kier alpha value is -0.500. The van der Waals surface area contributed by atoms with Crippen LogP contribution >= 0.6 is 23.2 Å². The van der Waals surface area contributed by atoms with Gasteiger partial charge in [-0.15, -0.1) is 6.58 Å². The van der Waals surface area contributed by atoms with Gasteiger partial charge < -0.3 is 5.32 Å². The summed E-state index contributed by atoms with van der Waals surface area (Å²) in [5.41, 5.74) is 1.20. The Morgan fingerprint density at radius 3 is 2.61 bits per heavy atom. The first-order valence-electron chi connectivity index (χ1n) is 6.42. The van der Waals surface area contributed by atoms with Crippen molar-refractivity contribution in [2.75, 3.05) is 7.05 Å². The van der Waals surface area contributed by atoms with Crippen LogP contribution in [0.3, 0.4) is 0 Å². The number of benzene rings is 1. The van der Waals surface area contributed by atoms with Crippen LogP contribution in [-0.2, 0) is 0 Å². The van der Waals surface area contributed by atoms with E-state index in [4.69, 9.17) is 23.2 Å². The van der Waals surface area contributed by atoms with Crippen LogP contribution in [0.1, 0.15) is 43.7 Å². The van der Waals surface area contributed by atoms with Crippen LogP contribution in [0.4, 0.5) is 0 Å². The zero-order valence-corrected chi connectivity index (χ0v) is 12.4. The predicted molar refractivity (Wildman–Crippen MR) is 81.5 cm³/mol. The minimum Gasteiger partial charge on any atom is -0.313 e. The van der Waals surface area contributed by atoms with E-state index in [-0.39, 0.29) is 0 Å². The molecule has 1 aromatic carbocycles. The molecule has 0 saturated heterocycles. The molecule has 0 amide bonds. The number of halogens is 2. The topological polar surface area (TPSA) is 12.0 Å². The first-order valence-corrected chi connectivity index (χ1v) is 7.17. The molecule has 3 heteroatoms. The van der Waals surface area contributed by atoms with Gasteiger partial charge in [0.05, 0.1) is 10.0 Å². The first-order chi connectivity index (χ1) is 8.69. The maximum Gasteiger partial charge on any atom is 0.0595 e. The number of hydrogen-bond acceptors (Lipinski definition) is 1. The van der Waals surface area contributed by atoms with Gasteiger partial charge >= 0.3 is 0 Å². The molecule has 0 bridgehead atoms. The highest BCUT2D eigenvalue weighted by molar-refractivity contribution is 6.42. The van der Waals surface area contributed by atoms with Crippen molar-refractivity contribution >= 4 is 23.2 Å². The highest BCUT2D eigenvalue weighted by atomic mass is 35.5. The van der Waals surface area contributed by atoms with E-state index in [1.807, 2.05) is 31.3 Å². The third kappa shape index (κ3) is 5.01. The first kappa shape index (κ1) is 15.6. The quantitative estimate of drug-likeness (QED) is 0.499. The average molecular weight is 286 g/mol. The molecule has 1 nitrogen and oxygen atoms in total. The Kier molecular flexibility index (Phi) is 7.41. The van der Waals surface area contributed by atoms with E-state index >= 15 is 0 Å². The molecule has 100 valence electrons. The molecule has 0 fully saturated rings. The second-order valence-electron chi connectivity index (χ2n) is 4.44. The standard InChI is InChI=1S/C15H21Cl2N/c1-3-4-5-6-7-8-15(18-2)12-9-10-13(16)14(17)11-12/h3,9-11,15,18H,1,4-8H2,2H3.